The highest BCUT2D eigenvalue weighted by atomic mass is 35.5. The average molecular weight is 409 g/mol. The minimum atomic E-state index is -0.110. The zero-order valence-electron chi connectivity index (χ0n) is 14.9. The minimum absolute atomic E-state index is 0.110. The standard InChI is InChI=1S/C21H17ClN4OS/c22-17-7-1-5-16-6-2-8-18(21(16)17)28-14-20(27)24-19-9-11-26(25-19)13-15-4-3-10-23-12-15/h1-12H,13-14H2,(H,24,25,27). The Balaban J connectivity index is 1.38. The molecule has 0 saturated heterocycles. The van der Waals surface area contributed by atoms with E-state index in [2.05, 4.69) is 15.4 Å². The fourth-order valence-electron chi connectivity index (χ4n) is 2.90. The molecule has 4 rings (SSSR count). The summed E-state index contributed by atoms with van der Waals surface area (Å²) in [7, 11) is 0. The lowest BCUT2D eigenvalue weighted by atomic mass is 10.1. The summed E-state index contributed by atoms with van der Waals surface area (Å²) in [4.78, 5) is 17.4. The molecule has 0 aliphatic carbocycles. The predicted octanol–water partition coefficient (Wildman–Crippen LogP) is 4.86. The van der Waals surface area contributed by atoms with Crippen LogP contribution in [0.25, 0.3) is 10.8 Å². The second-order valence-corrected chi connectivity index (χ2v) is 7.62. The molecule has 1 N–H and O–H groups in total. The molecule has 7 heteroatoms. The van der Waals surface area contributed by atoms with Crippen molar-refractivity contribution in [3.05, 3.63) is 83.8 Å². The summed E-state index contributed by atoms with van der Waals surface area (Å²) >= 11 is 7.81. The Hall–Kier alpha value is -2.83. The van der Waals surface area contributed by atoms with Crippen molar-refractivity contribution in [2.45, 2.75) is 11.4 Å². The van der Waals surface area contributed by atoms with E-state index in [0.29, 0.717) is 17.4 Å². The molecule has 1 amide bonds. The van der Waals surface area contributed by atoms with Gasteiger partial charge in [0.05, 0.1) is 12.3 Å². The van der Waals surface area contributed by atoms with Crippen LogP contribution in [0.3, 0.4) is 0 Å². The summed E-state index contributed by atoms with van der Waals surface area (Å²) in [6.45, 7) is 0.604. The van der Waals surface area contributed by atoms with Crippen LogP contribution in [0.2, 0.25) is 5.02 Å². The predicted molar refractivity (Wildman–Crippen MR) is 114 cm³/mol. The van der Waals surface area contributed by atoms with Gasteiger partial charge in [0.1, 0.15) is 0 Å². The lowest BCUT2D eigenvalue weighted by Crippen LogP contribution is -2.15. The van der Waals surface area contributed by atoms with E-state index >= 15 is 0 Å². The molecule has 5 nitrogen and oxygen atoms in total. The number of amides is 1. The van der Waals surface area contributed by atoms with E-state index in [1.807, 2.05) is 54.7 Å². The minimum Gasteiger partial charge on any atom is -0.308 e. The number of hydrogen-bond acceptors (Lipinski definition) is 4. The number of carbonyl (C=O) groups excluding carboxylic acids is 1. The maximum atomic E-state index is 12.4. The highest BCUT2D eigenvalue weighted by Crippen LogP contribution is 2.33. The van der Waals surface area contributed by atoms with Crippen molar-refractivity contribution >= 4 is 45.9 Å². The van der Waals surface area contributed by atoms with Gasteiger partial charge in [0.25, 0.3) is 0 Å². The van der Waals surface area contributed by atoms with Crippen molar-refractivity contribution in [2.24, 2.45) is 0 Å². The molecule has 0 spiro atoms. The van der Waals surface area contributed by atoms with Crippen molar-refractivity contribution in [2.75, 3.05) is 11.1 Å². The monoisotopic (exact) mass is 408 g/mol. The SMILES string of the molecule is O=C(CSc1cccc2cccc(Cl)c12)Nc1ccn(Cc2cccnc2)n1. The number of hydrogen-bond donors (Lipinski definition) is 1. The summed E-state index contributed by atoms with van der Waals surface area (Å²) in [5.41, 5.74) is 1.05. The van der Waals surface area contributed by atoms with E-state index in [4.69, 9.17) is 11.6 Å². The topological polar surface area (TPSA) is 59.8 Å². The highest BCUT2D eigenvalue weighted by molar-refractivity contribution is 8.00. The smallest absolute Gasteiger partial charge is 0.235 e. The summed E-state index contributed by atoms with van der Waals surface area (Å²) in [5, 5.41) is 9.96. The molecule has 0 fully saturated rings. The van der Waals surface area contributed by atoms with Crippen LogP contribution in [-0.4, -0.2) is 26.4 Å². The second kappa shape index (κ2) is 8.46. The Labute approximate surface area is 171 Å². The number of benzene rings is 2. The van der Waals surface area contributed by atoms with Crippen LogP contribution >= 0.6 is 23.4 Å². The van der Waals surface area contributed by atoms with Gasteiger partial charge in [0, 0.05) is 40.0 Å². The average Bonchev–Trinajstić information content (AvgIpc) is 3.14. The number of fused-ring (bicyclic) bond motifs is 1. The molecule has 0 unspecified atom stereocenters. The number of aromatic nitrogens is 3. The molecular weight excluding hydrogens is 392 g/mol. The lowest BCUT2D eigenvalue weighted by Gasteiger charge is -2.08. The van der Waals surface area contributed by atoms with Crippen LogP contribution in [0, 0.1) is 0 Å². The molecule has 140 valence electrons. The maximum absolute atomic E-state index is 12.4. The molecule has 28 heavy (non-hydrogen) atoms. The molecule has 2 heterocycles. The van der Waals surface area contributed by atoms with Gasteiger partial charge in [-0.15, -0.1) is 11.8 Å². The van der Waals surface area contributed by atoms with Crippen molar-refractivity contribution < 1.29 is 4.79 Å². The molecule has 0 aliphatic rings. The summed E-state index contributed by atoms with van der Waals surface area (Å²) in [5.74, 6) is 0.700. The van der Waals surface area contributed by atoms with Crippen molar-refractivity contribution in [1.29, 1.82) is 0 Å². The van der Waals surface area contributed by atoms with E-state index in [1.165, 1.54) is 11.8 Å². The molecular formula is C21H17ClN4OS. The van der Waals surface area contributed by atoms with Crippen LogP contribution < -0.4 is 5.32 Å². The molecule has 0 radical (unpaired) electrons. The number of thioether (sulfide) groups is 1. The van der Waals surface area contributed by atoms with Gasteiger partial charge in [0.15, 0.2) is 5.82 Å². The fourth-order valence-corrected chi connectivity index (χ4v) is 4.15. The van der Waals surface area contributed by atoms with Crippen LogP contribution in [-0.2, 0) is 11.3 Å². The largest absolute Gasteiger partial charge is 0.308 e. The Morgan fingerprint density at radius 3 is 2.79 bits per heavy atom. The van der Waals surface area contributed by atoms with Gasteiger partial charge in [-0.2, -0.15) is 5.10 Å². The van der Waals surface area contributed by atoms with E-state index in [-0.39, 0.29) is 11.7 Å². The number of halogens is 1. The van der Waals surface area contributed by atoms with Crippen LogP contribution in [0.1, 0.15) is 5.56 Å². The quantitative estimate of drug-likeness (QED) is 0.462. The molecule has 2 aromatic heterocycles. The molecule has 0 bridgehead atoms. The summed E-state index contributed by atoms with van der Waals surface area (Å²) in [6.07, 6.45) is 5.37. The third-order valence-corrected chi connectivity index (χ3v) is 5.52. The Morgan fingerprint density at radius 2 is 1.96 bits per heavy atom. The number of anilines is 1. The highest BCUT2D eigenvalue weighted by Gasteiger charge is 2.10. The van der Waals surface area contributed by atoms with Gasteiger partial charge in [-0.1, -0.05) is 41.9 Å². The van der Waals surface area contributed by atoms with Crippen molar-refractivity contribution in [1.82, 2.24) is 14.8 Å². The summed E-state index contributed by atoms with van der Waals surface area (Å²) < 4.78 is 1.77. The molecule has 2 aromatic carbocycles. The normalized spacial score (nSPS) is 10.9. The van der Waals surface area contributed by atoms with Gasteiger partial charge >= 0.3 is 0 Å². The first-order valence-electron chi connectivity index (χ1n) is 8.71. The number of nitrogens with zero attached hydrogens (tertiary/aromatic N) is 3. The molecule has 0 atom stereocenters. The first kappa shape index (κ1) is 18.5. The molecule has 4 aromatic rings. The molecule has 0 aliphatic heterocycles. The summed E-state index contributed by atoms with van der Waals surface area (Å²) in [6, 6.07) is 17.4. The molecule has 0 saturated carbocycles. The third kappa shape index (κ3) is 4.35. The van der Waals surface area contributed by atoms with Gasteiger partial charge in [-0.25, -0.2) is 0 Å². The van der Waals surface area contributed by atoms with Gasteiger partial charge in [-0.3, -0.25) is 14.5 Å². The Kier molecular flexibility index (Phi) is 5.60. The van der Waals surface area contributed by atoms with Crippen LogP contribution in [0.4, 0.5) is 5.82 Å². The van der Waals surface area contributed by atoms with E-state index in [9.17, 15) is 4.79 Å². The van der Waals surface area contributed by atoms with Crippen LogP contribution in [0.5, 0.6) is 0 Å². The number of pyridine rings is 1. The third-order valence-electron chi connectivity index (χ3n) is 4.15. The van der Waals surface area contributed by atoms with Crippen molar-refractivity contribution in [3.63, 3.8) is 0 Å². The number of rotatable bonds is 6. The van der Waals surface area contributed by atoms with Gasteiger partial charge in [-0.05, 0) is 29.1 Å². The zero-order chi connectivity index (χ0) is 19.3. The Morgan fingerprint density at radius 1 is 1.11 bits per heavy atom. The zero-order valence-corrected chi connectivity index (χ0v) is 16.5. The number of carbonyl (C=O) groups is 1. The fraction of sp³-hybridized carbons (Fsp3) is 0.0952. The maximum Gasteiger partial charge on any atom is 0.235 e. The Bertz CT molecular complexity index is 1110. The van der Waals surface area contributed by atoms with Gasteiger partial charge in [0.2, 0.25) is 5.91 Å². The van der Waals surface area contributed by atoms with Crippen LogP contribution in [0.15, 0.2) is 78.1 Å². The first-order chi connectivity index (χ1) is 13.7. The second-order valence-electron chi connectivity index (χ2n) is 6.19. The number of nitrogens with one attached hydrogen (secondary N) is 1. The lowest BCUT2D eigenvalue weighted by molar-refractivity contribution is -0.113. The van der Waals surface area contributed by atoms with Crippen molar-refractivity contribution in [3.8, 4) is 0 Å². The van der Waals surface area contributed by atoms with E-state index in [1.54, 1.807) is 23.1 Å². The van der Waals surface area contributed by atoms with Gasteiger partial charge < -0.3 is 5.32 Å². The van der Waals surface area contributed by atoms with E-state index < -0.39 is 0 Å². The van der Waals surface area contributed by atoms with E-state index in [0.717, 1.165) is 21.2 Å². The first-order valence-corrected chi connectivity index (χ1v) is 10.1.